The van der Waals surface area contributed by atoms with Gasteiger partial charge in [0, 0.05) is 0 Å². The molecule has 1 aromatic rings. The molecular weight excluding hydrogens is 216 g/mol. The minimum atomic E-state index is -0.322. The molecule has 0 saturated heterocycles. The summed E-state index contributed by atoms with van der Waals surface area (Å²) in [5.41, 5.74) is 1.46. The standard InChI is InChI=1S/C14H20O3/c1-10(2)7-8-17-12-6-5-11(3)13(9-12)14(15)16-4/h5-6,9-10H,7-8H2,1-4H3. The highest BCUT2D eigenvalue weighted by Crippen LogP contribution is 2.18. The first kappa shape index (κ1) is 13.6. The summed E-state index contributed by atoms with van der Waals surface area (Å²) < 4.78 is 10.3. The van der Waals surface area contributed by atoms with Gasteiger partial charge in [-0.2, -0.15) is 0 Å². The van der Waals surface area contributed by atoms with Gasteiger partial charge < -0.3 is 9.47 Å². The van der Waals surface area contributed by atoms with Gasteiger partial charge in [-0.15, -0.1) is 0 Å². The number of ether oxygens (including phenoxy) is 2. The van der Waals surface area contributed by atoms with E-state index in [1.54, 1.807) is 6.07 Å². The van der Waals surface area contributed by atoms with Crippen LogP contribution in [0.5, 0.6) is 5.75 Å². The molecule has 1 rings (SSSR count). The van der Waals surface area contributed by atoms with E-state index >= 15 is 0 Å². The highest BCUT2D eigenvalue weighted by Gasteiger charge is 2.10. The Kier molecular flexibility index (Phi) is 5.01. The summed E-state index contributed by atoms with van der Waals surface area (Å²) in [6.07, 6.45) is 1.00. The van der Waals surface area contributed by atoms with Gasteiger partial charge in [-0.25, -0.2) is 4.79 Å². The molecule has 0 unspecified atom stereocenters. The van der Waals surface area contributed by atoms with Gasteiger partial charge in [-0.05, 0) is 37.0 Å². The van der Waals surface area contributed by atoms with E-state index in [-0.39, 0.29) is 5.97 Å². The van der Waals surface area contributed by atoms with Crippen LogP contribution in [0.3, 0.4) is 0 Å². The summed E-state index contributed by atoms with van der Waals surface area (Å²) in [6.45, 7) is 6.85. The van der Waals surface area contributed by atoms with Crippen molar-refractivity contribution in [1.82, 2.24) is 0 Å². The van der Waals surface area contributed by atoms with Gasteiger partial charge in [0.05, 0.1) is 19.3 Å². The number of methoxy groups -OCH3 is 1. The maximum absolute atomic E-state index is 11.5. The van der Waals surface area contributed by atoms with E-state index < -0.39 is 0 Å². The van der Waals surface area contributed by atoms with Crippen LogP contribution in [-0.4, -0.2) is 19.7 Å². The molecule has 1 aromatic carbocycles. The Balaban J connectivity index is 2.71. The van der Waals surface area contributed by atoms with Crippen LogP contribution in [0.2, 0.25) is 0 Å². The second kappa shape index (κ2) is 6.28. The summed E-state index contributed by atoms with van der Waals surface area (Å²) in [4.78, 5) is 11.5. The molecule has 0 aromatic heterocycles. The average molecular weight is 236 g/mol. The fraction of sp³-hybridized carbons (Fsp3) is 0.500. The third-order valence-corrected chi connectivity index (χ3v) is 2.58. The minimum absolute atomic E-state index is 0.322. The van der Waals surface area contributed by atoms with Gasteiger partial charge in [0.15, 0.2) is 0 Å². The van der Waals surface area contributed by atoms with Crippen LogP contribution in [0.25, 0.3) is 0 Å². The number of hydrogen-bond acceptors (Lipinski definition) is 3. The second-order valence-corrected chi connectivity index (χ2v) is 4.50. The molecule has 0 N–H and O–H groups in total. The Morgan fingerprint density at radius 3 is 2.65 bits per heavy atom. The minimum Gasteiger partial charge on any atom is -0.494 e. The second-order valence-electron chi connectivity index (χ2n) is 4.50. The average Bonchev–Trinajstić information content (AvgIpc) is 2.30. The van der Waals surface area contributed by atoms with Gasteiger partial charge in [-0.3, -0.25) is 0 Å². The zero-order valence-corrected chi connectivity index (χ0v) is 10.9. The van der Waals surface area contributed by atoms with Crippen molar-refractivity contribution in [2.75, 3.05) is 13.7 Å². The summed E-state index contributed by atoms with van der Waals surface area (Å²) in [6, 6.07) is 5.49. The van der Waals surface area contributed by atoms with Crippen molar-refractivity contribution in [2.24, 2.45) is 5.92 Å². The highest BCUT2D eigenvalue weighted by molar-refractivity contribution is 5.91. The number of aryl methyl sites for hydroxylation is 1. The number of carbonyl (C=O) groups excluding carboxylic acids is 1. The molecule has 0 saturated carbocycles. The van der Waals surface area contributed by atoms with Crippen LogP contribution in [0.4, 0.5) is 0 Å². The number of carbonyl (C=O) groups is 1. The zero-order valence-electron chi connectivity index (χ0n) is 10.9. The summed E-state index contributed by atoms with van der Waals surface area (Å²) in [5, 5.41) is 0. The molecule has 0 fully saturated rings. The lowest BCUT2D eigenvalue weighted by Crippen LogP contribution is -2.06. The Morgan fingerprint density at radius 2 is 2.06 bits per heavy atom. The Labute approximate surface area is 103 Å². The molecule has 0 bridgehead atoms. The summed E-state index contributed by atoms with van der Waals surface area (Å²) in [5.74, 6) is 1.01. The van der Waals surface area contributed by atoms with Crippen LogP contribution in [0.1, 0.15) is 36.2 Å². The maximum atomic E-state index is 11.5. The van der Waals surface area contributed by atoms with Crippen molar-refractivity contribution in [1.29, 1.82) is 0 Å². The first-order chi connectivity index (χ1) is 8.04. The largest absolute Gasteiger partial charge is 0.494 e. The lowest BCUT2D eigenvalue weighted by Gasteiger charge is -2.10. The van der Waals surface area contributed by atoms with Crippen molar-refractivity contribution < 1.29 is 14.3 Å². The van der Waals surface area contributed by atoms with E-state index in [0.717, 1.165) is 17.7 Å². The SMILES string of the molecule is COC(=O)c1cc(OCCC(C)C)ccc1C. The number of benzene rings is 1. The molecule has 0 amide bonds. The van der Waals surface area contributed by atoms with Gasteiger partial charge in [0.25, 0.3) is 0 Å². The molecular formula is C14H20O3. The summed E-state index contributed by atoms with van der Waals surface area (Å²) >= 11 is 0. The third kappa shape index (κ3) is 4.10. The van der Waals surface area contributed by atoms with Crippen molar-refractivity contribution in [2.45, 2.75) is 27.2 Å². The van der Waals surface area contributed by atoms with Gasteiger partial charge in [-0.1, -0.05) is 19.9 Å². The first-order valence-electron chi connectivity index (χ1n) is 5.86. The molecule has 17 heavy (non-hydrogen) atoms. The topological polar surface area (TPSA) is 35.5 Å². The Hall–Kier alpha value is -1.51. The Bertz CT molecular complexity index is 383. The molecule has 0 aliphatic carbocycles. The van der Waals surface area contributed by atoms with Gasteiger partial charge in [0.2, 0.25) is 0 Å². The molecule has 0 radical (unpaired) electrons. The van der Waals surface area contributed by atoms with Crippen LogP contribution in [0, 0.1) is 12.8 Å². The highest BCUT2D eigenvalue weighted by atomic mass is 16.5. The fourth-order valence-corrected chi connectivity index (χ4v) is 1.43. The molecule has 0 spiro atoms. The molecule has 0 heterocycles. The number of hydrogen-bond donors (Lipinski definition) is 0. The van der Waals surface area contributed by atoms with Crippen LogP contribution in [-0.2, 0) is 4.74 Å². The van der Waals surface area contributed by atoms with Gasteiger partial charge >= 0.3 is 5.97 Å². The van der Waals surface area contributed by atoms with Crippen LogP contribution in [0.15, 0.2) is 18.2 Å². The zero-order chi connectivity index (χ0) is 12.8. The molecule has 0 aliphatic heterocycles. The molecule has 94 valence electrons. The number of esters is 1. The van der Waals surface area contributed by atoms with E-state index in [1.165, 1.54) is 7.11 Å². The molecule has 3 heteroatoms. The quantitative estimate of drug-likeness (QED) is 0.736. The first-order valence-corrected chi connectivity index (χ1v) is 5.86. The van der Waals surface area contributed by atoms with Crippen molar-refractivity contribution in [3.63, 3.8) is 0 Å². The number of rotatable bonds is 5. The van der Waals surface area contributed by atoms with E-state index in [0.29, 0.717) is 18.1 Å². The van der Waals surface area contributed by atoms with Gasteiger partial charge in [0.1, 0.15) is 5.75 Å². The summed E-state index contributed by atoms with van der Waals surface area (Å²) in [7, 11) is 1.38. The predicted octanol–water partition coefficient (Wildman–Crippen LogP) is 3.21. The fourth-order valence-electron chi connectivity index (χ4n) is 1.43. The van der Waals surface area contributed by atoms with Crippen molar-refractivity contribution in [3.05, 3.63) is 29.3 Å². The van der Waals surface area contributed by atoms with Crippen LogP contribution < -0.4 is 4.74 Å². The smallest absolute Gasteiger partial charge is 0.338 e. The lowest BCUT2D eigenvalue weighted by atomic mass is 10.1. The predicted molar refractivity (Wildman–Crippen MR) is 67.5 cm³/mol. The van der Waals surface area contributed by atoms with Crippen molar-refractivity contribution >= 4 is 5.97 Å². The van der Waals surface area contributed by atoms with E-state index in [2.05, 4.69) is 13.8 Å². The van der Waals surface area contributed by atoms with E-state index in [1.807, 2.05) is 19.1 Å². The molecule has 0 atom stereocenters. The normalized spacial score (nSPS) is 10.4. The molecule has 0 aliphatic rings. The van der Waals surface area contributed by atoms with E-state index in [4.69, 9.17) is 9.47 Å². The van der Waals surface area contributed by atoms with Crippen molar-refractivity contribution in [3.8, 4) is 5.75 Å². The van der Waals surface area contributed by atoms with E-state index in [9.17, 15) is 4.79 Å². The lowest BCUT2D eigenvalue weighted by molar-refractivity contribution is 0.0599. The van der Waals surface area contributed by atoms with Crippen LogP contribution >= 0.6 is 0 Å². The Morgan fingerprint density at radius 1 is 1.35 bits per heavy atom. The maximum Gasteiger partial charge on any atom is 0.338 e. The third-order valence-electron chi connectivity index (χ3n) is 2.58. The monoisotopic (exact) mass is 236 g/mol. The molecule has 3 nitrogen and oxygen atoms in total.